The van der Waals surface area contributed by atoms with E-state index in [0.717, 1.165) is 0 Å². The average Bonchev–Trinajstić information content (AvgIpc) is 2.67. The number of benzene rings is 2. The first kappa shape index (κ1) is 19.7. The number of nitro benzene ring substituents is 1. The average molecular weight is 374 g/mol. The maximum absolute atomic E-state index is 12.5. The predicted molar refractivity (Wildman–Crippen MR) is 96.1 cm³/mol. The van der Waals surface area contributed by atoms with Crippen molar-refractivity contribution < 1.29 is 28.7 Å². The number of hydrogen-bond donors (Lipinski definition) is 1. The number of anilines is 1. The number of nitrogens with zero attached hydrogens (tertiary/aromatic N) is 1. The summed E-state index contributed by atoms with van der Waals surface area (Å²) in [6.45, 7) is 1.35. The van der Waals surface area contributed by atoms with Gasteiger partial charge >= 0.3 is 5.97 Å². The Morgan fingerprint density at radius 3 is 2.19 bits per heavy atom. The molecule has 2 aromatic carbocycles. The largest absolute Gasteiger partial charge is 0.496 e. The molecule has 0 unspecified atom stereocenters. The quantitative estimate of drug-likeness (QED) is 0.450. The summed E-state index contributed by atoms with van der Waals surface area (Å²) < 4.78 is 15.4. The number of amides is 1. The highest BCUT2D eigenvalue weighted by Crippen LogP contribution is 2.29. The molecule has 0 fully saturated rings. The summed E-state index contributed by atoms with van der Waals surface area (Å²) in [6.07, 6.45) is -1.22. The fraction of sp³-hybridized carbons (Fsp3) is 0.222. The highest BCUT2D eigenvalue weighted by Gasteiger charge is 2.26. The van der Waals surface area contributed by atoms with E-state index in [1.165, 1.54) is 39.3 Å². The van der Waals surface area contributed by atoms with Crippen molar-refractivity contribution in [3.63, 3.8) is 0 Å². The van der Waals surface area contributed by atoms with Crippen LogP contribution in [0.3, 0.4) is 0 Å². The van der Waals surface area contributed by atoms with Gasteiger partial charge in [0.2, 0.25) is 0 Å². The summed E-state index contributed by atoms with van der Waals surface area (Å²) in [4.78, 5) is 35.2. The van der Waals surface area contributed by atoms with Crippen molar-refractivity contribution in [1.29, 1.82) is 0 Å². The second-order valence-corrected chi connectivity index (χ2v) is 5.35. The molecule has 0 saturated heterocycles. The number of hydrogen-bond acceptors (Lipinski definition) is 7. The van der Waals surface area contributed by atoms with E-state index in [2.05, 4.69) is 5.32 Å². The van der Waals surface area contributed by atoms with Crippen LogP contribution in [0.4, 0.5) is 11.4 Å². The fourth-order valence-electron chi connectivity index (χ4n) is 2.30. The minimum absolute atomic E-state index is 0.00488. The van der Waals surface area contributed by atoms with E-state index < -0.39 is 22.9 Å². The van der Waals surface area contributed by atoms with Crippen LogP contribution >= 0.6 is 0 Å². The van der Waals surface area contributed by atoms with Crippen LogP contribution < -0.4 is 14.8 Å². The van der Waals surface area contributed by atoms with Crippen molar-refractivity contribution in [2.45, 2.75) is 13.0 Å². The predicted octanol–water partition coefficient (Wildman–Crippen LogP) is 2.80. The molecule has 0 saturated carbocycles. The molecule has 142 valence electrons. The van der Waals surface area contributed by atoms with Crippen LogP contribution in [-0.4, -0.2) is 37.1 Å². The lowest BCUT2D eigenvalue weighted by atomic mass is 10.1. The number of carbonyl (C=O) groups is 2. The molecular weight excluding hydrogens is 356 g/mol. The van der Waals surface area contributed by atoms with Gasteiger partial charge in [-0.05, 0) is 25.1 Å². The van der Waals surface area contributed by atoms with E-state index in [1.54, 1.807) is 24.3 Å². The Bertz CT molecular complexity index is 844. The molecule has 0 bridgehead atoms. The van der Waals surface area contributed by atoms with Crippen molar-refractivity contribution in [1.82, 2.24) is 0 Å². The van der Waals surface area contributed by atoms with Crippen LogP contribution in [0, 0.1) is 10.1 Å². The molecule has 2 rings (SSSR count). The molecule has 1 atom stereocenters. The van der Waals surface area contributed by atoms with Crippen LogP contribution in [-0.2, 0) is 9.53 Å². The monoisotopic (exact) mass is 374 g/mol. The lowest BCUT2D eigenvalue weighted by molar-refractivity contribution is -0.383. The van der Waals surface area contributed by atoms with Gasteiger partial charge in [0.1, 0.15) is 22.7 Å². The summed E-state index contributed by atoms with van der Waals surface area (Å²) in [7, 11) is 2.77. The van der Waals surface area contributed by atoms with Gasteiger partial charge < -0.3 is 19.5 Å². The van der Waals surface area contributed by atoms with Crippen molar-refractivity contribution in [3.05, 3.63) is 58.1 Å². The minimum Gasteiger partial charge on any atom is -0.496 e. The van der Waals surface area contributed by atoms with E-state index in [4.69, 9.17) is 14.2 Å². The van der Waals surface area contributed by atoms with Gasteiger partial charge in [0.05, 0.1) is 19.1 Å². The molecule has 1 N–H and O–H groups in total. The van der Waals surface area contributed by atoms with Gasteiger partial charge in [-0.1, -0.05) is 18.2 Å². The normalized spacial score (nSPS) is 11.2. The van der Waals surface area contributed by atoms with E-state index in [-0.39, 0.29) is 28.4 Å². The van der Waals surface area contributed by atoms with Crippen molar-refractivity contribution >= 4 is 23.3 Å². The van der Waals surface area contributed by atoms with Crippen LogP contribution in [0.5, 0.6) is 11.5 Å². The van der Waals surface area contributed by atoms with E-state index in [1.807, 2.05) is 0 Å². The second-order valence-electron chi connectivity index (χ2n) is 5.35. The highest BCUT2D eigenvalue weighted by molar-refractivity contribution is 6.00. The molecule has 0 radical (unpaired) electrons. The number of nitro groups is 1. The third kappa shape index (κ3) is 4.51. The summed E-state index contributed by atoms with van der Waals surface area (Å²) in [5.41, 5.74) is -0.228. The van der Waals surface area contributed by atoms with Crippen LogP contribution in [0.25, 0.3) is 0 Å². The van der Waals surface area contributed by atoms with Gasteiger partial charge in [0, 0.05) is 6.07 Å². The third-order valence-corrected chi connectivity index (χ3v) is 3.64. The van der Waals surface area contributed by atoms with Gasteiger partial charge in [0.25, 0.3) is 11.6 Å². The first-order valence-electron chi connectivity index (χ1n) is 7.85. The van der Waals surface area contributed by atoms with Crippen LogP contribution in [0.15, 0.2) is 42.5 Å². The number of ether oxygens (including phenoxy) is 3. The maximum Gasteiger partial charge on any atom is 0.346 e. The van der Waals surface area contributed by atoms with E-state index >= 15 is 0 Å². The number of para-hydroxylation sites is 2. The van der Waals surface area contributed by atoms with E-state index in [0.29, 0.717) is 0 Å². The number of methoxy groups -OCH3 is 2. The Morgan fingerprint density at radius 1 is 1.04 bits per heavy atom. The van der Waals surface area contributed by atoms with Gasteiger partial charge in [-0.3, -0.25) is 14.9 Å². The van der Waals surface area contributed by atoms with Gasteiger partial charge in [-0.15, -0.1) is 0 Å². The molecule has 9 nitrogen and oxygen atoms in total. The lowest BCUT2D eigenvalue weighted by Crippen LogP contribution is -2.30. The first-order chi connectivity index (χ1) is 12.9. The molecule has 0 aliphatic rings. The maximum atomic E-state index is 12.5. The van der Waals surface area contributed by atoms with Crippen molar-refractivity contribution in [2.75, 3.05) is 19.5 Å². The Hall–Kier alpha value is -3.62. The Kier molecular flexibility index (Phi) is 6.32. The molecule has 27 heavy (non-hydrogen) atoms. The zero-order valence-electron chi connectivity index (χ0n) is 14.9. The Balaban J connectivity index is 2.16. The van der Waals surface area contributed by atoms with Gasteiger partial charge in [-0.25, -0.2) is 4.79 Å². The third-order valence-electron chi connectivity index (χ3n) is 3.64. The minimum atomic E-state index is -1.22. The Labute approximate surface area is 155 Å². The van der Waals surface area contributed by atoms with E-state index in [9.17, 15) is 19.7 Å². The molecule has 9 heteroatoms. The number of carbonyl (C=O) groups excluding carboxylic acids is 2. The molecular formula is C18H18N2O7. The summed E-state index contributed by atoms with van der Waals surface area (Å²) in [5.74, 6) is -1.09. The molecule has 1 amide bonds. The SMILES string of the molecule is COc1cccc(OC)c1C(=O)O[C@@H](C)C(=O)Nc1ccccc1[N+](=O)[O-]. The lowest BCUT2D eigenvalue weighted by Gasteiger charge is -2.16. The highest BCUT2D eigenvalue weighted by atomic mass is 16.6. The molecule has 0 aromatic heterocycles. The molecule has 0 spiro atoms. The summed E-state index contributed by atoms with van der Waals surface area (Å²) in [5, 5.41) is 13.4. The topological polar surface area (TPSA) is 117 Å². The van der Waals surface area contributed by atoms with Gasteiger partial charge in [-0.2, -0.15) is 0 Å². The summed E-state index contributed by atoms with van der Waals surface area (Å²) in [6, 6.07) is 10.4. The molecule has 0 heterocycles. The standard InChI is InChI=1S/C18H18N2O7/c1-11(17(21)19-12-7-4-5-8-13(12)20(23)24)27-18(22)16-14(25-2)9-6-10-15(16)26-3/h4-11H,1-3H3,(H,19,21)/t11-/m0/s1. The zero-order valence-corrected chi connectivity index (χ0v) is 14.9. The molecule has 0 aliphatic heterocycles. The van der Waals surface area contributed by atoms with Crippen molar-refractivity contribution in [3.8, 4) is 11.5 Å². The zero-order chi connectivity index (χ0) is 20.0. The van der Waals surface area contributed by atoms with Gasteiger partial charge in [0.15, 0.2) is 6.10 Å². The number of esters is 1. The smallest absolute Gasteiger partial charge is 0.346 e. The molecule has 2 aromatic rings. The molecule has 0 aliphatic carbocycles. The number of nitrogens with one attached hydrogen (secondary N) is 1. The number of rotatable bonds is 7. The summed E-state index contributed by atoms with van der Waals surface area (Å²) >= 11 is 0. The first-order valence-corrected chi connectivity index (χ1v) is 7.85. The van der Waals surface area contributed by atoms with Crippen molar-refractivity contribution in [2.24, 2.45) is 0 Å². The Morgan fingerprint density at radius 2 is 1.63 bits per heavy atom. The van der Waals surface area contributed by atoms with Crippen LogP contribution in [0.2, 0.25) is 0 Å². The fourth-order valence-corrected chi connectivity index (χ4v) is 2.30. The van der Waals surface area contributed by atoms with Crippen LogP contribution in [0.1, 0.15) is 17.3 Å². The second kappa shape index (κ2) is 8.65.